The molecule has 0 unspecified atom stereocenters. The summed E-state index contributed by atoms with van der Waals surface area (Å²) in [5.41, 5.74) is 7.07. The van der Waals surface area contributed by atoms with E-state index in [-0.39, 0.29) is 11.7 Å². The summed E-state index contributed by atoms with van der Waals surface area (Å²) in [6.45, 7) is 3.76. The second kappa shape index (κ2) is 5.51. The topological polar surface area (TPSA) is 75.4 Å². The van der Waals surface area contributed by atoms with Crippen molar-refractivity contribution in [1.29, 1.82) is 0 Å². The van der Waals surface area contributed by atoms with E-state index in [1.54, 1.807) is 25.1 Å². The van der Waals surface area contributed by atoms with Crippen LogP contribution in [0.4, 0.5) is 5.69 Å². The molecular weight excluding hydrogens is 204 g/mol. The molecule has 0 aliphatic heterocycles. The Bertz CT molecular complexity index is 377. The van der Waals surface area contributed by atoms with Gasteiger partial charge in [-0.25, -0.2) is 0 Å². The summed E-state index contributed by atoms with van der Waals surface area (Å²) in [6.07, 6.45) is 1.55. The largest absolute Gasteiger partial charge is 0.508 e. The van der Waals surface area contributed by atoms with Crippen LogP contribution in [-0.2, 0) is 4.79 Å². The van der Waals surface area contributed by atoms with E-state index in [1.807, 2.05) is 6.92 Å². The fraction of sp³-hybridized carbons (Fsp3) is 0.417. The zero-order valence-electron chi connectivity index (χ0n) is 9.66. The molecular formula is C12H18N2O2. The number of anilines is 1. The normalized spacial score (nSPS) is 12.2. The number of hydrogen-bond acceptors (Lipinski definition) is 3. The lowest BCUT2D eigenvalue weighted by Gasteiger charge is -2.11. The van der Waals surface area contributed by atoms with Crippen LogP contribution in [0.5, 0.6) is 5.75 Å². The summed E-state index contributed by atoms with van der Waals surface area (Å²) in [5, 5.41) is 12.1. The Labute approximate surface area is 95.5 Å². The second-order valence-electron chi connectivity index (χ2n) is 3.89. The summed E-state index contributed by atoms with van der Waals surface area (Å²) in [5.74, 6) is 0.0304. The smallest absolute Gasteiger partial charge is 0.241 e. The van der Waals surface area contributed by atoms with E-state index in [4.69, 9.17) is 5.73 Å². The van der Waals surface area contributed by atoms with E-state index in [0.717, 1.165) is 12.0 Å². The molecule has 0 fully saturated rings. The number of aryl methyl sites for hydroxylation is 1. The van der Waals surface area contributed by atoms with Crippen molar-refractivity contribution < 1.29 is 9.90 Å². The number of carbonyl (C=O) groups is 1. The molecule has 4 nitrogen and oxygen atoms in total. The number of aromatic hydroxyl groups is 1. The highest BCUT2D eigenvalue weighted by molar-refractivity contribution is 5.94. The SMILES string of the molecule is CCC[C@@H](N)C(=O)Nc1ccc(O)c(C)c1. The van der Waals surface area contributed by atoms with Crippen LogP contribution < -0.4 is 11.1 Å². The molecule has 0 aromatic heterocycles. The van der Waals surface area contributed by atoms with Gasteiger partial charge in [-0.15, -0.1) is 0 Å². The molecule has 1 rings (SSSR count). The van der Waals surface area contributed by atoms with Crippen molar-refractivity contribution in [2.45, 2.75) is 32.7 Å². The first kappa shape index (κ1) is 12.5. The molecule has 88 valence electrons. The molecule has 4 heteroatoms. The molecule has 0 heterocycles. The fourth-order valence-corrected chi connectivity index (χ4v) is 1.41. The summed E-state index contributed by atoms with van der Waals surface area (Å²) in [7, 11) is 0. The maximum absolute atomic E-state index is 11.6. The van der Waals surface area contributed by atoms with Gasteiger partial charge in [-0.2, -0.15) is 0 Å². The Morgan fingerprint density at radius 2 is 2.25 bits per heavy atom. The minimum absolute atomic E-state index is 0.188. The third-order valence-electron chi connectivity index (χ3n) is 2.40. The van der Waals surface area contributed by atoms with Crippen molar-refractivity contribution in [3.8, 4) is 5.75 Å². The molecule has 4 N–H and O–H groups in total. The summed E-state index contributed by atoms with van der Waals surface area (Å²) < 4.78 is 0. The first-order valence-electron chi connectivity index (χ1n) is 5.40. The van der Waals surface area contributed by atoms with E-state index >= 15 is 0 Å². The quantitative estimate of drug-likeness (QED) is 0.679. The number of nitrogens with two attached hydrogens (primary N) is 1. The van der Waals surface area contributed by atoms with E-state index < -0.39 is 6.04 Å². The Hall–Kier alpha value is -1.55. The molecule has 0 spiro atoms. The van der Waals surface area contributed by atoms with Crippen molar-refractivity contribution in [2.75, 3.05) is 5.32 Å². The van der Waals surface area contributed by atoms with Crippen molar-refractivity contribution in [2.24, 2.45) is 5.73 Å². The standard InChI is InChI=1S/C12H18N2O2/c1-3-4-10(13)12(16)14-9-5-6-11(15)8(2)7-9/h5-7,10,15H,3-4,13H2,1-2H3,(H,14,16)/t10-/m1/s1. The van der Waals surface area contributed by atoms with E-state index in [0.29, 0.717) is 12.1 Å². The molecule has 0 bridgehead atoms. The Kier molecular flexibility index (Phi) is 4.31. The van der Waals surface area contributed by atoms with Crippen LogP contribution >= 0.6 is 0 Å². The lowest BCUT2D eigenvalue weighted by Crippen LogP contribution is -2.35. The highest BCUT2D eigenvalue weighted by Gasteiger charge is 2.12. The number of nitrogens with one attached hydrogen (secondary N) is 1. The summed E-state index contributed by atoms with van der Waals surface area (Å²) in [4.78, 5) is 11.6. The molecule has 1 atom stereocenters. The molecule has 0 saturated carbocycles. The lowest BCUT2D eigenvalue weighted by molar-refractivity contribution is -0.117. The zero-order valence-corrected chi connectivity index (χ0v) is 9.66. The maximum atomic E-state index is 11.6. The molecule has 1 aromatic rings. The van der Waals surface area contributed by atoms with Gasteiger partial charge in [0.2, 0.25) is 5.91 Å². The highest BCUT2D eigenvalue weighted by Crippen LogP contribution is 2.20. The maximum Gasteiger partial charge on any atom is 0.241 e. The van der Waals surface area contributed by atoms with E-state index in [9.17, 15) is 9.90 Å². The Morgan fingerprint density at radius 1 is 1.56 bits per heavy atom. The van der Waals surface area contributed by atoms with Crippen LogP contribution in [0.1, 0.15) is 25.3 Å². The van der Waals surface area contributed by atoms with Crippen LogP contribution in [0.15, 0.2) is 18.2 Å². The van der Waals surface area contributed by atoms with Crippen LogP contribution in [0.2, 0.25) is 0 Å². The van der Waals surface area contributed by atoms with Crippen molar-refractivity contribution in [1.82, 2.24) is 0 Å². The Morgan fingerprint density at radius 3 is 2.81 bits per heavy atom. The third kappa shape index (κ3) is 3.24. The number of rotatable bonds is 4. The van der Waals surface area contributed by atoms with Gasteiger partial charge in [-0.3, -0.25) is 4.79 Å². The molecule has 1 amide bonds. The van der Waals surface area contributed by atoms with Gasteiger partial charge in [0.1, 0.15) is 5.75 Å². The lowest BCUT2D eigenvalue weighted by atomic mass is 10.1. The monoisotopic (exact) mass is 222 g/mol. The molecule has 0 radical (unpaired) electrons. The molecule has 0 saturated heterocycles. The molecule has 0 aliphatic carbocycles. The van der Waals surface area contributed by atoms with Gasteiger partial charge in [-0.05, 0) is 37.1 Å². The predicted molar refractivity (Wildman–Crippen MR) is 64.4 cm³/mol. The second-order valence-corrected chi connectivity index (χ2v) is 3.89. The van der Waals surface area contributed by atoms with Crippen LogP contribution in [-0.4, -0.2) is 17.1 Å². The molecule has 0 aliphatic rings. The number of hydrogen-bond donors (Lipinski definition) is 3. The van der Waals surface area contributed by atoms with Gasteiger partial charge >= 0.3 is 0 Å². The first-order chi connectivity index (χ1) is 7.54. The van der Waals surface area contributed by atoms with Crippen LogP contribution in [0.25, 0.3) is 0 Å². The highest BCUT2D eigenvalue weighted by atomic mass is 16.3. The molecule has 16 heavy (non-hydrogen) atoms. The summed E-state index contributed by atoms with van der Waals surface area (Å²) >= 11 is 0. The number of amides is 1. The van der Waals surface area contributed by atoms with Gasteiger partial charge in [0.25, 0.3) is 0 Å². The van der Waals surface area contributed by atoms with Crippen molar-refractivity contribution >= 4 is 11.6 Å². The van der Waals surface area contributed by atoms with Crippen molar-refractivity contribution in [3.05, 3.63) is 23.8 Å². The van der Waals surface area contributed by atoms with Gasteiger partial charge in [-0.1, -0.05) is 13.3 Å². The fourth-order valence-electron chi connectivity index (χ4n) is 1.41. The third-order valence-corrected chi connectivity index (χ3v) is 2.40. The first-order valence-corrected chi connectivity index (χ1v) is 5.40. The van der Waals surface area contributed by atoms with Gasteiger partial charge in [0.05, 0.1) is 6.04 Å². The Balaban J connectivity index is 2.66. The van der Waals surface area contributed by atoms with E-state index in [2.05, 4.69) is 5.32 Å². The average molecular weight is 222 g/mol. The minimum Gasteiger partial charge on any atom is -0.508 e. The number of phenols is 1. The van der Waals surface area contributed by atoms with Gasteiger partial charge in [0.15, 0.2) is 0 Å². The van der Waals surface area contributed by atoms with Crippen LogP contribution in [0.3, 0.4) is 0 Å². The van der Waals surface area contributed by atoms with Crippen molar-refractivity contribution in [3.63, 3.8) is 0 Å². The predicted octanol–water partition coefficient (Wildman–Crippen LogP) is 1.77. The minimum atomic E-state index is -0.473. The van der Waals surface area contributed by atoms with Crippen LogP contribution in [0, 0.1) is 6.92 Å². The van der Waals surface area contributed by atoms with Gasteiger partial charge < -0.3 is 16.2 Å². The zero-order chi connectivity index (χ0) is 12.1. The average Bonchev–Trinajstić information content (AvgIpc) is 2.24. The summed E-state index contributed by atoms with van der Waals surface area (Å²) in [6, 6.07) is 4.44. The molecule has 1 aromatic carbocycles. The number of phenolic OH excluding ortho intramolecular Hbond substituents is 1. The number of carbonyl (C=O) groups excluding carboxylic acids is 1. The van der Waals surface area contributed by atoms with E-state index in [1.165, 1.54) is 0 Å². The van der Waals surface area contributed by atoms with Gasteiger partial charge in [0, 0.05) is 5.69 Å². The number of benzene rings is 1.